The number of aryl methyl sites for hydroxylation is 1. The first-order chi connectivity index (χ1) is 14.5. The van der Waals surface area contributed by atoms with Crippen molar-refractivity contribution in [2.75, 3.05) is 5.32 Å². The van der Waals surface area contributed by atoms with Crippen molar-refractivity contribution < 1.29 is 4.92 Å². The molecule has 0 aliphatic carbocycles. The molecule has 0 atom stereocenters. The Bertz CT molecular complexity index is 1110. The predicted molar refractivity (Wildman–Crippen MR) is 126 cm³/mol. The number of allylic oxidation sites excluding steroid dienone is 1. The van der Waals surface area contributed by atoms with Gasteiger partial charge < -0.3 is 5.32 Å². The second-order valence-corrected chi connectivity index (χ2v) is 6.86. The summed E-state index contributed by atoms with van der Waals surface area (Å²) in [6.45, 7) is 2.00. The summed E-state index contributed by atoms with van der Waals surface area (Å²) in [7, 11) is 0. The number of rotatable bonds is 6. The summed E-state index contributed by atoms with van der Waals surface area (Å²) >= 11 is 5.34. The van der Waals surface area contributed by atoms with E-state index < -0.39 is 4.92 Å². The summed E-state index contributed by atoms with van der Waals surface area (Å²) in [5.74, 6) is 0. The zero-order valence-corrected chi connectivity index (χ0v) is 17.1. The van der Waals surface area contributed by atoms with Gasteiger partial charge in [-0.3, -0.25) is 15.5 Å². The third-order valence-corrected chi connectivity index (χ3v) is 4.37. The highest BCUT2D eigenvalue weighted by Gasteiger charge is 2.10. The van der Waals surface area contributed by atoms with E-state index in [-0.39, 0.29) is 5.69 Å². The van der Waals surface area contributed by atoms with Crippen LogP contribution in [0, 0.1) is 17.0 Å². The molecule has 0 unspecified atom stereocenters. The smallest absolute Gasteiger partial charge is 0.276 e. The van der Waals surface area contributed by atoms with Gasteiger partial charge in [0.05, 0.1) is 16.2 Å². The second-order valence-electron chi connectivity index (χ2n) is 6.45. The quantitative estimate of drug-likeness (QED) is 0.246. The third-order valence-electron chi connectivity index (χ3n) is 4.18. The molecule has 0 aliphatic rings. The van der Waals surface area contributed by atoms with Crippen molar-refractivity contribution in [3.05, 3.63) is 112 Å². The summed E-state index contributed by atoms with van der Waals surface area (Å²) in [6, 6.07) is 23.9. The number of benzene rings is 3. The minimum absolute atomic E-state index is 0.0331. The lowest BCUT2D eigenvalue weighted by Crippen LogP contribution is -2.25. The molecule has 3 aromatic carbocycles. The van der Waals surface area contributed by atoms with Crippen LogP contribution >= 0.6 is 12.2 Å². The number of hydrogen-bond donors (Lipinski definition) is 2. The van der Waals surface area contributed by atoms with Crippen molar-refractivity contribution in [1.29, 1.82) is 0 Å². The van der Waals surface area contributed by atoms with E-state index in [1.807, 2.05) is 61.5 Å². The van der Waals surface area contributed by atoms with Crippen LogP contribution < -0.4 is 10.7 Å². The molecule has 7 heteroatoms. The lowest BCUT2D eigenvalue weighted by atomic mass is 10.1. The van der Waals surface area contributed by atoms with E-state index >= 15 is 0 Å². The van der Waals surface area contributed by atoms with Gasteiger partial charge in [-0.2, -0.15) is 5.10 Å². The van der Waals surface area contributed by atoms with Crippen LogP contribution in [0.25, 0.3) is 6.08 Å². The fourth-order valence-electron chi connectivity index (χ4n) is 2.76. The molecule has 0 spiro atoms. The molecule has 0 aliphatic heterocycles. The highest BCUT2D eigenvalue weighted by molar-refractivity contribution is 7.80. The normalized spacial score (nSPS) is 11.3. The van der Waals surface area contributed by atoms with Gasteiger partial charge in [0.2, 0.25) is 0 Å². The van der Waals surface area contributed by atoms with Crippen LogP contribution in [0.4, 0.5) is 11.4 Å². The van der Waals surface area contributed by atoms with Crippen LogP contribution in [0.1, 0.15) is 16.7 Å². The average Bonchev–Trinajstić information content (AvgIpc) is 2.74. The van der Waals surface area contributed by atoms with Crippen LogP contribution in [0.2, 0.25) is 0 Å². The molecule has 0 fully saturated rings. The van der Waals surface area contributed by atoms with Crippen LogP contribution in [-0.4, -0.2) is 15.7 Å². The van der Waals surface area contributed by atoms with Gasteiger partial charge >= 0.3 is 0 Å². The number of hydrazone groups is 1. The van der Waals surface area contributed by atoms with Gasteiger partial charge in [-0.05, 0) is 55.1 Å². The Balaban J connectivity index is 1.83. The van der Waals surface area contributed by atoms with Gasteiger partial charge in [-0.1, -0.05) is 54.6 Å². The molecular weight excluding hydrogens is 396 g/mol. The first-order valence-electron chi connectivity index (χ1n) is 9.21. The maximum atomic E-state index is 11.3. The van der Waals surface area contributed by atoms with E-state index in [0.717, 1.165) is 16.8 Å². The molecule has 0 saturated heterocycles. The van der Waals surface area contributed by atoms with Gasteiger partial charge in [0.1, 0.15) is 0 Å². The second kappa shape index (κ2) is 10.1. The highest BCUT2D eigenvalue weighted by Crippen LogP contribution is 2.19. The molecule has 0 saturated carbocycles. The highest BCUT2D eigenvalue weighted by atomic mass is 32.1. The Labute approximate surface area is 180 Å². The van der Waals surface area contributed by atoms with E-state index in [9.17, 15) is 10.1 Å². The zero-order valence-electron chi connectivity index (χ0n) is 16.3. The van der Waals surface area contributed by atoms with Crippen LogP contribution in [0.3, 0.4) is 0 Å². The van der Waals surface area contributed by atoms with Gasteiger partial charge in [-0.25, -0.2) is 0 Å². The van der Waals surface area contributed by atoms with Crippen molar-refractivity contribution in [1.82, 2.24) is 5.43 Å². The summed E-state index contributed by atoms with van der Waals surface area (Å²) < 4.78 is 0. The average molecular weight is 417 g/mol. The number of nitrogens with one attached hydrogen (secondary N) is 2. The summed E-state index contributed by atoms with van der Waals surface area (Å²) in [4.78, 5) is 10.8. The SMILES string of the molecule is Cc1cccc(NC(=S)NN=C(/C=C\c2ccccc2[N+](=O)[O-])c2ccccc2)c1. The van der Waals surface area contributed by atoms with Gasteiger partial charge in [0.15, 0.2) is 5.11 Å². The van der Waals surface area contributed by atoms with Crippen molar-refractivity contribution in [3.63, 3.8) is 0 Å². The van der Waals surface area contributed by atoms with E-state index in [4.69, 9.17) is 12.2 Å². The fourth-order valence-corrected chi connectivity index (χ4v) is 2.93. The Morgan fingerprint density at radius 1 is 1.03 bits per heavy atom. The molecule has 0 aromatic heterocycles. The Kier molecular flexibility index (Phi) is 7.02. The number of thiocarbonyl (C=S) groups is 1. The molecule has 3 aromatic rings. The largest absolute Gasteiger partial charge is 0.331 e. The Morgan fingerprint density at radius 3 is 2.50 bits per heavy atom. The predicted octanol–water partition coefficient (Wildman–Crippen LogP) is 5.31. The molecule has 6 nitrogen and oxygen atoms in total. The zero-order chi connectivity index (χ0) is 21.3. The number of hydrogen-bond acceptors (Lipinski definition) is 4. The van der Waals surface area contributed by atoms with E-state index in [1.54, 1.807) is 30.4 Å². The molecule has 0 bridgehead atoms. The standard InChI is InChI=1S/C23H20N4O2S/c1-17-8-7-12-20(16-17)24-23(30)26-25-21(18-9-3-2-4-10-18)15-14-19-11-5-6-13-22(19)27(28)29/h2-16H,1H3,(H2,24,26,30)/b15-14-,25-21?. The van der Waals surface area contributed by atoms with Gasteiger partial charge in [0, 0.05) is 17.3 Å². The fraction of sp³-hybridized carbons (Fsp3) is 0.0435. The first-order valence-corrected chi connectivity index (χ1v) is 9.62. The molecule has 0 amide bonds. The number of para-hydroxylation sites is 1. The first kappa shape index (κ1) is 20.9. The molecule has 0 heterocycles. The van der Waals surface area contributed by atoms with Crippen molar-refractivity contribution in [2.45, 2.75) is 6.92 Å². The summed E-state index contributed by atoms with van der Waals surface area (Å²) in [5.41, 5.74) is 6.78. The van der Waals surface area contributed by atoms with Gasteiger partial charge in [-0.15, -0.1) is 0 Å². The molecular formula is C23H20N4O2S. The van der Waals surface area contributed by atoms with Crippen LogP contribution in [0.5, 0.6) is 0 Å². The molecule has 150 valence electrons. The van der Waals surface area contributed by atoms with Gasteiger partial charge in [0.25, 0.3) is 5.69 Å². The number of anilines is 1. The molecule has 30 heavy (non-hydrogen) atoms. The van der Waals surface area contributed by atoms with Crippen LogP contribution in [0.15, 0.2) is 90.0 Å². The monoisotopic (exact) mass is 416 g/mol. The Hall–Kier alpha value is -3.84. The Morgan fingerprint density at radius 2 is 1.77 bits per heavy atom. The van der Waals surface area contributed by atoms with Crippen molar-refractivity contribution in [3.8, 4) is 0 Å². The minimum Gasteiger partial charge on any atom is -0.331 e. The van der Waals surface area contributed by atoms with E-state index in [1.165, 1.54) is 6.07 Å². The van der Waals surface area contributed by atoms with E-state index in [0.29, 0.717) is 16.4 Å². The maximum absolute atomic E-state index is 11.3. The lowest BCUT2D eigenvalue weighted by molar-refractivity contribution is -0.385. The van der Waals surface area contributed by atoms with Crippen molar-refractivity contribution >= 4 is 40.5 Å². The summed E-state index contributed by atoms with van der Waals surface area (Å²) in [5, 5.41) is 19.1. The minimum atomic E-state index is -0.405. The van der Waals surface area contributed by atoms with Crippen LogP contribution in [-0.2, 0) is 0 Å². The lowest BCUT2D eigenvalue weighted by Gasteiger charge is -2.09. The number of nitrogens with zero attached hydrogens (tertiary/aromatic N) is 2. The number of nitro groups is 1. The topological polar surface area (TPSA) is 79.6 Å². The third kappa shape index (κ3) is 5.83. The number of nitro benzene ring substituents is 1. The van der Waals surface area contributed by atoms with E-state index in [2.05, 4.69) is 15.8 Å². The maximum Gasteiger partial charge on any atom is 0.276 e. The summed E-state index contributed by atoms with van der Waals surface area (Å²) in [6.07, 6.45) is 3.39. The van der Waals surface area contributed by atoms with Crippen molar-refractivity contribution in [2.24, 2.45) is 5.10 Å². The molecule has 3 rings (SSSR count). The molecule has 0 radical (unpaired) electrons. The molecule has 2 N–H and O–H groups in total.